The van der Waals surface area contributed by atoms with Crippen molar-refractivity contribution in [2.24, 2.45) is 0 Å². The van der Waals surface area contributed by atoms with E-state index in [1.54, 1.807) is 0 Å². The van der Waals surface area contributed by atoms with Gasteiger partial charge in [-0.3, -0.25) is 5.32 Å². The fourth-order valence-electron chi connectivity index (χ4n) is 3.13. The van der Waals surface area contributed by atoms with E-state index in [1.165, 1.54) is 12.8 Å². The molecule has 1 saturated heterocycles. The van der Waals surface area contributed by atoms with Gasteiger partial charge in [0.2, 0.25) is 0 Å². The molecule has 0 aliphatic carbocycles. The quantitative estimate of drug-likeness (QED) is 0.673. The van der Waals surface area contributed by atoms with Crippen LogP contribution in [0.2, 0.25) is 0 Å². The Bertz CT molecular complexity index is 320. The van der Waals surface area contributed by atoms with Crippen LogP contribution >= 0.6 is 0 Å². The highest BCUT2D eigenvalue weighted by atomic mass is 16.5. The van der Waals surface area contributed by atoms with Gasteiger partial charge in [-0.25, -0.2) is 0 Å². The molecular formula is C17H33N3O. The number of hydrogen-bond donors (Lipinski definition) is 1. The lowest BCUT2D eigenvalue weighted by molar-refractivity contribution is 0.0736. The lowest BCUT2D eigenvalue weighted by atomic mass is 9.91. The van der Waals surface area contributed by atoms with Gasteiger partial charge in [-0.15, -0.1) is 0 Å². The molecule has 0 bridgehead atoms. The average molecular weight is 295 g/mol. The number of nitriles is 1. The van der Waals surface area contributed by atoms with Crippen molar-refractivity contribution >= 4 is 0 Å². The molecule has 1 aliphatic heterocycles. The van der Waals surface area contributed by atoms with Crippen LogP contribution in [-0.2, 0) is 4.74 Å². The summed E-state index contributed by atoms with van der Waals surface area (Å²) >= 11 is 0. The van der Waals surface area contributed by atoms with Gasteiger partial charge in [0.1, 0.15) is 5.54 Å². The minimum atomic E-state index is -0.364. The number of nitrogens with zero attached hydrogens (tertiary/aromatic N) is 2. The molecule has 0 spiro atoms. The van der Waals surface area contributed by atoms with Crippen LogP contribution in [0.1, 0.15) is 59.8 Å². The van der Waals surface area contributed by atoms with E-state index in [0.29, 0.717) is 12.1 Å². The van der Waals surface area contributed by atoms with E-state index >= 15 is 0 Å². The number of ether oxygens (including phenoxy) is 1. The fraction of sp³-hybridized carbons (Fsp3) is 0.941. The lowest BCUT2D eigenvalue weighted by Crippen LogP contribution is -2.47. The van der Waals surface area contributed by atoms with Gasteiger partial charge in [-0.1, -0.05) is 13.8 Å². The summed E-state index contributed by atoms with van der Waals surface area (Å²) in [6.45, 7) is 12.6. The van der Waals surface area contributed by atoms with Crippen molar-refractivity contribution < 1.29 is 4.74 Å². The molecule has 21 heavy (non-hydrogen) atoms. The van der Waals surface area contributed by atoms with E-state index in [4.69, 9.17) is 4.74 Å². The minimum Gasteiger partial charge on any atom is -0.377 e. The van der Waals surface area contributed by atoms with Crippen molar-refractivity contribution in [2.75, 3.05) is 26.2 Å². The molecule has 1 rings (SSSR count). The van der Waals surface area contributed by atoms with E-state index in [0.717, 1.165) is 45.5 Å². The van der Waals surface area contributed by atoms with Gasteiger partial charge in [-0.2, -0.15) is 5.26 Å². The highest BCUT2D eigenvalue weighted by Gasteiger charge is 2.28. The Labute approximate surface area is 130 Å². The molecule has 2 atom stereocenters. The van der Waals surface area contributed by atoms with Crippen LogP contribution in [0, 0.1) is 11.3 Å². The molecule has 4 nitrogen and oxygen atoms in total. The molecule has 1 N–H and O–H groups in total. The van der Waals surface area contributed by atoms with E-state index in [9.17, 15) is 5.26 Å². The van der Waals surface area contributed by atoms with Crippen LogP contribution in [0.25, 0.3) is 0 Å². The van der Waals surface area contributed by atoms with Gasteiger partial charge in [0.25, 0.3) is 0 Å². The van der Waals surface area contributed by atoms with E-state index in [1.807, 2.05) is 0 Å². The highest BCUT2D eigenvalue weighted by molar-refractivity contribution is 5.06. The number of hydrogen-bond acceptors (Lipinski definition) is 4. The van der Waals surface area contributed by atoms with E-state index in [2.05, 4.69) is 44.0 Å². The molecule has 0 saturated carbocycles. The maximum Gasteiger partial charge on any atom is 0.106 e. The van der Waals surface area contributed by atoms with Crippen molar-refractivity contribution in [1.82, 2.24) is 10.2 Å². The molecule has 2 unspecified atom stereocenters. The minimum absolute atomic E-state index is 0.346. The maximum absolute atomic E-state index is 9.53. The Kier molecular flexibility index (Phi) is 8.24. The summed E-state index contributed by atoms with van der Waals surface area (Å²) in [6, 6.07) is 2.85. The van der Waals surface area contributed by atoms with Gasteiger partial charge in [0, 0.05) is 19.2 Å². The first-order chi connectivity index (χ1) is 10.0. The average Bonchev–Trinajstić information content (AvgIpc) is 2.97. The Balaban J connectivity index is 2.38. The molecule has 4 heteroatoms. The number of nitrogens with one attached hydrogen (secondary N) is 1. The van der Waals surface area contributed by atoms with Crippen LogP contribution in [-0.4, -0.2) is 48.8 Å². The zero-order valence-electron chi connectivity index (χ0n) is 14.3. The molecule has 1 aliphatic rings. The summed E-state index contributed by atoms with van der Waals surface area (Å²) in [5, 5.41) is 13.0. The molecule has 1 fully saturated rings. The molecule has 0 radical (unpaired) electrons. The molecule has 0 aromatic rings. The fourth-order valence-corrected chi connectivity index (χ4v) is 3.13. The van der Waals surface area contributed by atoms with Crippen molar-refractivity contribution in [3.05, 3.63) is 0 Å². The summed E-state index contributed by atoms with van der Waals surface area (Å²) < 4.78 is 5.72. The smallest absolute Gasteiger partial charge is 0.106 e. The summed E-state index contributed by atoms with van der Waals surface area (Å²) in [5.74, 6) is 0. The third-order valence-electron chi connectivity index (χ3n) is 4.39. The molecule has 1 heterocycles. The van der Waals surface area contributed by atoms with Crippen molar-refractivity contribution in [2.45, 2.75) is 77.5 Å². The van der Waals surface area contributed by atoms with Crippen LogP contribution in [0.3, 0.4) is 0 Å². The van der Waals surface area contributed by atoms with Gasteiger partial charge in [-0.05, 0) is 59.0 Å². The predicted molar refractivity (Wildman–Crippen MR) is 87.2 cm³/mol. The maximum atomic E-state index is 9.53. The first-order valence-electron chi connectivity index (χ1n) is 8.58. The van der Waals surface area contributed by atoms with Crippen LogP contribution in [0.15, 0.2) is 0 Å². The standard InChI is InChI=1S/C17H33N3O/c1-5-17(14-18,19-15(3)4)10-8-11-20(6-2)13-16-9-7-12-21-16/h15-16,19H,5-13H2,1-4H3. The number of likely N-dealkylation sites (N-methyl/N-ethyl adjacent to an activating group) is 1. The molecule has 0 aromatic heterocycles. The van der Waals surface area contributed by atoms with Gasteiger partial charge in [0.15, 0.2) is 0 Å². The largest absolute Gasteiger partial charge is 0.377 e. The van der Waals surface area contributed by atoms with Gasteiger partial charge >= 0.3 is 0 Å². The van der Waals surface area contributed by atoms with Gasteiger partial charge < -0.3 is 9.64 Å². The highest BCUT2D eigenvalue weighted by Crippen LogP contribution is 2.19. The first-order valence-corrected chi connectivity index (χ1v) is 8.58. The van der Waals surface area contributed by atoms with Crippen LogP contribution in [0.5, 0.6) is 0 Å². The lowest BCUT2D eigenvalue weighted by Gasteiger charge is -2.30. The SMILES string of the molecule is CCN(CCCC(C#N)(CC)NC(C)C)CC1CCCO1. The summed E-state index contributed by atoms with van der Waals surface area (Å²) in [6.07, 6.45) is 5.66. The summed E-state index contributed by atoms with van der Waals surface area (Å²) in [4.78, 5) is 2.46. The Morgan fingerprint density at radius 1 is 1.43 bits per heavy atom. The van der Waals surface area contributed by atoms with Gasteiger partial charge in [0.05, 0.1) is 12.2 Å². The first kappa shape index (κ1) is 18.4. The molecular weight excluding hydrogens is 262 g/mol. The van der Waals surface area contributed by atoms with Crippen LogP contribution < -0.4 is 5.32 Å². The topological polar surface area (TPSA) is 48.3 Å². The monoisotopic (exact) mass is 295 g/mol. The molecule has 122 valence electrons. The summed E-state index contributed by atoms with van der Waals surface area (Å²) in [7, 11) is 0. The Hall–Kier alpha value is -0.630. The molecule has 0 amide bonds. The second-order valence-corrected chi connectivity index (χ2v) is 6.48. The number of rotatable bonds is 10. The second kappa shape index (κ2) is 9.40. The van der Waals surface area contributed by atoms with Crippen LogP contribution in [0.4, 0.5) is 0 Å². The zero-order chi connectivity index (χ0) is 15.7. The molecule has 0 aromatic carbocycles. The predicted octanol–water partition coefficient (Wildman–Crippen LogP) is 2.94. The second-order valence-electron chi connectivity index (χ2n) is 6.48. The van der Waals surface area contributed by atoms with E-state index < -0.39 is 0 Å². The normalized spacial score (nSPS) is 21.7. The Morgan fingerprint density at radius 3 is 2.67 bits per heavy atom. The third kappa shape index (κ3) is 6.34. The van der Waals surface area contributed by atoms with Crippen molar-refractivity contribution in [1.29, 1.82) is 5.26 Å². The Morgan fingerprint density at radius 2 is 2.19 bits per heavy atom. The van der Waals surface area contributed by atoms with E-state index in [-0.39, 0.29) is 5.54 Å². The zero-order valence-corrected chi connectivity index (χ0v) is 14.3. The third-order valence-corrected chi connectivity index (χ3v) is 4.39. The summed E-state index contributed by atoms with van der Waals surface area (Å²) in [5.41, 5.74) is -0.364. The van der Waals surface area contributed by atoms with Crippen molar-refractivity contribution in [3.8, 4) is 6.07 Å². The van der Waals surface area contributed by atoms with Crippen molar-refractivity contribution in [3.63, 3.8) is 0 Å².